The fourth-order valence-electron chi connectivity index (χ4n) is 2.31. The van der Waals surface area contributed by atoms with Crippen molar-refractivity contribution in [2.45, 2.75) is 6.54 Å². The smallest absolute Gasteiger partial charge is 0.273 e. The molecule has 4 heterocycles. The lowest BCUT2D eigenvalue weighted by molar-refractivity contribution is 0.0942. The summed E-state index contributed by atoms with van der Waals surface area (Å²) in [5.74, 6) is 0.622. The van der Waals surface area contributed by atoms with Crippen molar-refractivity contribution in [3.63, 3.8) is 0 Å². The molecule has 1 amide bonds. The molecule has 1 N–H and O–H groups in total. The lowest BCUT2D eigenvalue weighted by Gasteiger charge is -2.01. The van der Waals surface area contributed by atoms with Crippen molar-refractivity contribution in [3.05, 3.63) is 66.3 Å². The lowest BCUT2D eigenvalue weighted by atomic mass is 10.2. The molecule has 4 aromatic heterocycles. The van der Waals surface area contributed by atoms with E-state index in [0.717, 1.165) is 11.1 Å². The summed E-state index contributed by atoms with van der Waals surface area (Å²) in [5.41, 5.74) is 2.07. The van der Waals surface area contributed by atoms with Crippen LogP contribution in [-0.4, -0.2) is 20.7 Å². The molecule has 0 fully saturated rings. The van der Waals surface area contributed by atoms with Gasteiger partial charge in [-0.25, -0.2) is 4.52 Å². The van der Waals surface area contributed by atoms with Crippen LogP contribution in [0.4, 0.5) is 0 Å². The maximum Gasteiger partial charge on any atom is 0.273 e. The van der Waals surface area contributed by atoms with E-state index in [4.69, 9.17) is 8.94 Å². The standard InChI is InChI=1S/C16H12N4O3/c21-16(12-8-15(23-19-12)14-5-3-7-22-14)17-9-11-10-18-20-6-2-1-4-13(11)20/h1-8,10H,9H2,(H,17,21). The van der Waals surface area contributed by atoms with Gasteiger partial charge in [-0.15, -0.1) is 0 Å². The van der Waals surface area contributed by atoms with Gasteiger partial charge >= 0.3 is 0 Å². The van der Waals surface area contributed by atoms with Crippen molar-refractivity contribution in [3.8, 4) is 11.5 Å². The molecule has 4 aromatic rings. The zero-order valence-corrected chi connectivity index (χ0v) is 12.0. The molecule has 0 aromatic carbocycles. The van der Waals surface area contributed by atoms with Gasteiger partial charge in [-0.1, -0.05) is 11.2 Å². The SMILES string of the molecule is O=C(NCc1cnn2ccccc12)c1cc(-c2ccco2)on1. The summed E-state index contributed by atoms with van der Waals surface area (Å²) < 4.78 is 12.1. The third-order valence-corrected chi connectivity index (χ3v) is 3.45. The second-order valence-electron chi connectivity index (χ2n) is 4.94. The van der Waals surface area contributed by atoms with Crippen LogP contribution in [0.25, 0.3) is 17.0 Å². The Hall–Kier alpha value is -3.35. The van der Waals surface area contributed by atoms with Crippen LogP contribution in [0.15, 0.2) is 64.0 Å². The van der Waals surface area contributed by atoms with E-state index in [-0.39, 0.29) is 11.6 Å². The fourth-order valence-corrected chi connectivity index (χ4v) is 2.31. The van der Waals surface area contributed by atoms with Gasteiger partial charge in [0.15, 0.2) is 11.5 Å². The van der Waals surface area contributed by atoms with Crippen LogP contribution in [0.3, 0.4) is 0 Å². The highest BCUT2D eigenvalue weighted by Crippen LogP contribution is 2.20. The van der Waals surface area contributed by atoms with Gasteiger partial charge in [0.25, 0.3) is 5.91 Å². The number of carbonyl (C=O) groups is 1. The van der Waals surface area contributed by atoms with Gasteiger partial charge in [-0.2, -0.15) is 5.10 Å². The van der Waals surface area contributed by atoms with Crippen LogP contribution < -0.4 is 5.32 Å². The minimum absolute atomic E-state index is 0.202. The van der Waals surface area contributed by atoms with Gasteiger partial charge < -0.3 is 14.3 Å². The van der Waals surface area contributed by atoms with Gasteiger partial charge in [-0.05, 0) is 24.3 Å². The predicted octanol–water partition coefficient (Wildman–Crippen LogP) is 2.51. The molecule has 0 atom stereocenters. The Morgan fingerprint density at radius 3 is 3.04 bits per heavy atom. The zero-order valence-electron chi connectivity index (χ0n) is 12.0. The second kappa shape index (κ2) is 5.45. The molecule has 23 heavy (non-hydrogen) atoms. The van der Waals surface area contributed by atoms with Crippen LogP contribution in [-0.2, 0) is 6.54 Å². The molecular weight excluding hydrogens is 296 g/mol. The van der Waals surface area contributed by atoms with Crippen molar-refractivity contribution in [1.82, 2.24) is 20.1 Å². The van der Waals surface area contributed by atoms with Gasteiger partial charge in [0.05, 0.1) is 18.0 Å². The number of furan rings is 1. The van der Waals surface area contributed by atoms with Gasteiger partial charge in [-0.3, -0.25) is 4.79 Å². The van der Waals surface area contributed by atoms with Gasteiger partial charge in [0.2, 0.25) is 5.76 Å². The minimum Gasteiger partial charge on any atom is -0.461 e. The number of amides is 1. The largest absolute Gasteiger partial charge is 0.461 e. The quantitative estimate of drug-likeness (QED) is 0.626. The lowest BCUT2D eigenvalue weighted by Crippen LogP contribution is -2.22. The highest BCUT2D eigenvalue weighted by Gasteiger charge is 2.15. The molecule has 0 aliphatic carbocycles. The molecule has 0 saturated carbocycles. The summed E-state index contributed by atoms with van der Waals surface area (Å²) in [7, 11) is 0. The summed E-state index contributed by atoms with van der Waals surface area (Å²) in [4.78, 5) is 12.2. The van der Waals surface area contributed by atoms with Gasteiger partial charge in [0.1, 0.15) is 0 Å². The van der Waals surface area contributed by atoms with E-state index in [1.54, 1.807) is 28.9 Å². The average molecular weight is 308 g/mol. The molecule has 0 aliphatic rings. The molecule has 4 rings (SSSR count). The number of nitrogens with zero attached hydrogens (tertiary/aromatic N) is 3. The first-order valence-corrected chi connectivity index (χ1v) is 7.01. The van der Waals surface area contributed by atoms with Crippen LogP contribution >= 0.6 is 0 Å². The maximum absolute atomic E-state index is 12.2. The Morgan fingerprint density at radius 1 is 1.22 bits per heavy atom. The van der Waals surface area contributed by atoms with E-state index in [1.807, 2.05) is 24.4 Å². The first-order valence-electron chi connectivity index (χ1n) is 7.01. The number of rotatable bonds is 4. The van der Waals surface area contributed by atoms with Crippen molar-refractivity contribution < 1.29 is 13.7 Å². The molecule has 0 bridgehead atoms. The topological polar surface area (TPSA) is 85.6 Å². The minimum atomic E-state index is -0.318. The maximum atomic E-state index is 12.2. The summed E-state index contributed by atoms with van der Waals surface area (Å²) in [6.45, 7) is 0.356. The van der Waals surface area contributed by atoms with E-state index in [1.165, 1.54) is 6.26 Å². The number of fused-ring (bicyclic) bond motifs is 1. The summed E-state index contributed by atoms with van der Waals surface area (Å²) in [6, 6.07) is 10.8. The Balaban J connectivity index is 1.48. The average Bonchev–Trinajstić information content (AvgIpc) is 3.31. The second-order valence-corrected chi connectivity index (χ2v) is 4.94. The van der Waals surface area contributed by atoms with E-state index in [9.17, 15) is 4.79 Å². The normalized spacial score (nSPS) is 11.0. The van der Waals surface area contributed by atoms with Crippen molar-refractivity contribution in [1.29, 1.82) is 0 Å². The van der Waals surface area contributed by atoms with Crippen molar-refractivity contribution in [2.75, 3.05) is 0 Å². The molecule has 114 valence electrons. The Bertz CT molecular complexity index is 953. The highest BCUT2D eigenvalue weighted by atomic mass is 16.5. The fraction of sp³-hybridized carbons (Fsp3) is 0.0625. The van der Waals surface area contributed by atoms with Crippen LogP contribution in [0.5, 0.6) is 0 Å². The number of pyridine rings is 1. The van der Waals surface area contributed by atoms with Crippen LogP contribution in [0.2, 0.25) is 0 Å². The molecule has 0 spiro atoms. The predicted molar refractivity (Wildman–Crippen MR) is 80.6 cm³/mol. The van der Waals surface area contributed by atoms with E-state index in [2.05, 4.69) is 15.6 Å². The Morgan fingerprint density at radius 2 is 2.17 bits per heavy atom. The van der Waals surface area contributed by atoms with E-state index in [0.29, 0.717) is 18.1 Å². The number of nitrogens with one attached hydrogen (secondary N) is 1. The third-order valence-electron chi connectivity index (χ3n) is 3.45. The van der Waals surface area contributed by atoms with Crippen molar-refractivity contribution >= 4 is 11.4 Å². The van der Waals surface area contributed by atoms with Crippen LogP contribution in [0.1, 0.15) is 16.1 Å². The van der Waals surface area contributed by atoms with E-state index >= 15 is 0 Å². The van der Waals surface area contributed by atoms with E-state index < -0.39 is 0 Å². The first kappa shape index (κ1) is 13.3. The molecule has 7 nitrogen and oxygen atoms in total. The third kappa shape index (κ3) is 2.48. The highest BCUT2D eigenvalue weighted by molar-refractivity contribution is 5.93. The zero-order chi connectivity index (χ0) is 15.6. The van der Waals surface area contributed by atoms with Crippen molar-refractivity contribution in [2.24, 2.45) is 0 Å². The van der Waals surface area contributed by atoms with Gasteiger partial charge in [0, 0.05) is 24.4 Å². The Labute approximate surface area is 130 Å². The number of carbonyl (C=O) groups excluding carboxylic acids is 1. The monoisotopic (exact) mass is 308 g/mol. The summed E-state index contributed by atoms with van der Waals surface area (Å²) in [6.07, 6.45) is 5.11. The number of aromatic nitrogens is 3. The first-order chi connectivity index (χ1) is 11.3. The molecular formula is C16H12N4O3. The molecule has 0 unspecified atom stereocenters. The summed E-state index contributed by atoms with van der Waals surface area (Å²) >= 11 is 0. The molecule has 0 aliphatic heterocycles. The number of hydrogen-bond acceptors (Lipinski definition) is 5. The molecule has 0 radical (unpaired) electrons. The number of hydrogen-bond donors (Lipinski definition) is 1. The molecule has 7 heteroatoms. The summed E-state index contributed by atoms with van der Waals surface area (Å²) in [5, 5.41) is 10.8. The molecule has 0 saturated heterocycles. The Kier molecular flexibility index (Phi) is 3.16. The van der Waals surface area contributed by atoms with Crippen LogP contribution in [0, 0.1) is 0 Å².